The topological polar surface area (TPSA) is 82.6 Å². The van der Waals surface area contributed by atoms with Gasteiger partial charge in [-0.05, 0) is 55.0 Å². The summed E-state index contributed by atoms with van der Waals surface area (Å²) < 4.78 is 0. The maximum absolute atomic E-state index is 13.5. The molecule has 168 valence electrons. The van der Waals surface area contributed by atoms with E-state index < -0.39 is 11.6 Å². The molecule has 7 nitrogen and oxygen atoms in total. The number of carbonyl (C=O) groups is 3. The highest BCUT2D eigenvalue weighted by Gasteiger charge is 2.53. The van der Waals surface area contributed by atoms with Crippen LogP contribution in [0.1, 0.15) is 42.1 Å². The van der Waals surface area contributed by atoms with E-state index in [2.05, 4.69) is 10.3 Å². The van der Waals surface area contributed by atoms with E-state index >= 15 is 0 Å². The van der Waals surface area contributed by atoms with Gasteiger partial charge in [0.05, 0.1) is 17.9 Å². The lowest BCUT2D eigenvalue weighted by Gasteiger charge is -2.33. The Labute approximate surface area is 196 Å². The highest BCUT2D eigenvalue weighted by Crippen LogP contribution is 2.40. The minimum absolute atomic E-state index is 0.0602. The summed E-state index contributed by atoms with van der Waals surface area (Å²) in [5.41, 5.74) is 3.32. The highest BCUT2D eigenvalue weighted by atomic mass is 32.1. The normalized spacial score (nSPS) is 19.5. The second-order valence-electron chi connectivity index (χ2n) is 8.55. The number of nitrogens with one attached hydrogen (secondary N) is 1. The number of urea groups is 1. The molecule has 1 unspecified atom stereocenters. The molecule has 2 aliphatic rings. The van der Waals surface area contributed by atoms with Gasteiger partial charge in [0, 0.05) is 12.3 Å². The lowest BCUT2D eigenvalue weighted by Crippen LogP contribution is -2.46. The van der Waals surface area contributed by atoms with Crippen molar-refractivity contribution >= 4 is 40.0 Å². The van der Waals surface area contributed by atoms with Gasteiger partial charge in [-0.25, -0.2) is 9.78 Å². The monoisotopic (exact) mass is 460 g/mol. The first-order valence-electron chi connectivity index (χ1n) is 10.9. The minimum Gasteiger partial charge on any atom is -0.319 e. The first-order chi connectivity index (χ1) is 15.9. The van der Waals surface area contributed by atoms with Gasteiger partial charge in [-0.2, -0.15) is 0 Å². The SMILES string of the molecule is CC(=O)N(c1cccc(C)c1)c1nc(CN2C(=O)NC3(CCCc4ccccc43)C2=O)cs1. The van der Waals surface area contributed by atoms with E-state index in [1.54, 1.807) is 10.3 Å². The molecule has 2 aromatic carbocycles. The van der Waals surface area contributed by atoms with Crippen molar-refractivity contribution in [2.24, 2.45) is 0 Å². The summed E-state index contributed by atoms with van der Waals surface area (Å²) in [6.45, 7) is 3.52. The van der Waals surface area contributed by atoms with Crippen LogP contribution >= 0.6 is 11.3 Å². The molecule has 33 heavy (non-hydrogen) atoms. The van der Waals surface area contributed by atoms with E-state index in [0.29, 0.717) is 17.2 Å². The molecule has 1 fully saturated rings. The Balaban J connectivity index is 1.42. The Morgan fingerprint density at radius 3 is 2.82 bits per heavy atom. The van der Waals surface area contributed by atoms with Crippen molar-refractivity contribution in [3.63, 3.8) is 0 Å². The first-order valence-corrected chi connectivity index (χ1v) is 11.8. The van der Waals surface area contributed by atoms with Crippen molar-refractivity contribution in [2.75, 3.05) is 4.90 Å². The van der Waals surface area contributed by atoms with Gasteiger partial charge in [0.2, 0.25) is 5.91 Å². The number of aryl methyl sites for hydroxylation is 2. The summed E-state index contributed by atoms with van der Waals surface area (Å²) in [6.07, 6.45) is 2.32. The molecular formula is C25H24N4O3S. The molecule has 5 rings (SSSR count). The number of anilines is 2. The molecule has 1 spiro atoms. The molecule has 1 aliphatic heterocycles. The summed E-state index contributed by atoms with van der Waals surface area (Å²) in [4.78, 5) is 46.2. The molecule has 1 saturated heterocycles. The Hall–Kier alpha value is -3.52. The number of amides is 4. The average molecular weight is 461 g/mol. The number of benzene rings is 2. The zero-order valence-electron chi connectivity index (χ0n) is 18.5. The van der Waals surface area contributed by atoms with Crippen molar-refractivity contribution in [1.29, 1.82) is 0 Å². The van der Waals surface area contributed by atoms with Crippen molar-refractivity contribution < 1.29 is 14.4 Å². The summed E-state index contributed by atoms with van der Waals surface area (Å²) in [5, 5.41) is 5.27. The van der Waals surface area contributed by atoms with Crippen LogP contribution in [0, 0.1) is 6.92 Å². The molecule has 1 aromatic heterocycles. The lowest BCUT2D eigenvalue weighted by molar-refractivity contribution is -0.132. The van der Waals surface area contributed by atoms with E-state index in [9.17, 15) is 14.4 Å². The third kappa shape index (κ3) is 3.60. The summed E-state index contributed by atoms with van der Waals surface area (Å²) >= 11 is 1.31. The smallest absolute Gasteiger partial charge is 0.319 e. The second kappa shape index (κ2) is 8.12. The zero-order chi connectivity index (χ0) is 23.2. The van der Waals surface area contributed by atoms with Gasteiger partial charge in [0.1, 0.15) is 5.54 Å². The number of thiazole rings is 1. The van der Waals surface area contributed by atoms with Crippen molar-refractivity contribution in [3.05, 3.63) is 76.3 Å². The molecule has 0 bridgehead atoms. The predicted octanol–water partition coefficient (Wildman–Crippen LogP) is 4.42. The quantitative estimate of drug-likeness (QED) is 0.585. The van der Waals surface area contributed by atoms with E-state index in [1.807, 2.05) is 55.5 Å². The van der Waals surface area contributed by atoms with Gasteiger partial charge < -0.3 is 5.32 Å². The van der Waals surface area contributed by atoms with Gasteiger partial charge in [-0.1, -0.05) is 36.4 Å². The van der Waals surface area contributed by atoms with Crippen LogP contribution in [0.25, 0.3) is 0 Å². The van der Waals surface area contributed by atoms with Crippen LogP contribution in [0.3, 0.4) is 0 Å². The number of aromatic nitrogens is 1. The average Bonchev–Trinajstić information content (AvgIpc) is 3.33. The fraction of sp³-hybridized carbons (Fsp3) is 0.280. The number of rotatable bonds is 4. The first kappa shape index (κ1) is 21.3. The van der Waals surface area contributed by atoms with Crippen LogP contribution in [0.15, 0.2) is 53.9 Å². The second-order valence-corrected chi connectivity index (χ2v) is 9.39. The van der Waals surface area contributed by atoms with E-state index in [1.165, 1.54) is 23.2 Å². The lowest BCUT2D eigenvalue weighted by atomic mass is 9.76. The standard InChI is InChI=1S/C25H24N4O3S/c1-16-7-5-10-20(13-16)29(17(2)30)24-26-19(15-33-24)14-28-22(31)25(27-23(28)32)12-6-9-18-8-3-4-11-21(18)25/h3-5,7-8,10-11,13,15H,6,9,12,14H2,1-2H3,(H,27,32). The third-order valence-electron chi connectivity index (χ3n) is 6.28. The van der Waals surface area contributed by atoms with Crippen molar-refractivity contribution in [1.82, 2.24) is 15.2 Å². The van der Waals surface area contributed by atoms with Gasteiger partial charge >= 0.3 is 6.03 Å². The number of fused-ring (bicyclic) bond motifs is 2. The van der Waals surface area contributed by atoms with Gasteiger partial charge in [-0.15, -0.1) is 11.3 Å². The summed E-state index contributed by atoms with van der Waals surface area (Å²) in [5.74, 6) is -0.398. The largest absolute Gasteiger partial charge is 0.325 e. The van der Waals surface area contributed by atoms with Crippen molar-refractivity contribution in [3.8, 4) is 0 Å². The number of imide groups is 1. The number of carbonyl (C=O) groups excluding carboxylic acids is 3. The molecule has 8 heteroatoms. The van der Waals surface area contributed by atoms with E-state index in [4.69, 9.17) is 0 Å². The number of nitrogens with zero attached hydrogens (tertiary/aromatic N) is 3. The maximum Gasteiger partial charge on any atom is 0.325 e. The zero-order valence-corrected chi connectivity index (χ0v) is 19.3. The van der Waals surface area contributed by atoms with Gasteiger partial charge in [-0.3, -0.25) is 19.4 Å². The predicted molar refractivity (Wildman–Crippen MR) is 126 cm³/mol. The van der Waals surface area contributed by atoms with Crippen LogP contribution in [-0.4, -0.2) is 27.7 Å². The van der Waals surface area contributed by atoms with Crippen molar-refractivity contribution in [2.45, 2.75) is 45.2 Å². The van der Waals surface area contributed by atoms with Crippen LogP contribution in [0.5, 0.6) is 0 Å². The Kier molecular flexibility index (Phi) is 5.25. The molecule has 0 saturated carbocycles. The fourth-order valence-electron chi connectivity index (χ4n) is 4.78. The molecule has 3 aromatic rings. The fourth-order valence-corrected chi connectivity index (χ4v) is 5.66. The van der Waals surface area contributed by atoms with Crippen LogP contribution in [-0.2, 0) is 28.1 Å². The Morgan fingerprint density at radius 1 is 1.21 bits per heavy atom. The van der Waals surface area contributed by atoms with E-state index in [0.717, 1.165) is 35.2 Å². The van der Waals surface area contributed by atoms with Gasteiger partial charge in [0.25, 0.3) is 5.91 Å². The summed E-state index contributed by atoms with van der Waals surface area (Å²) in [7, 11) is 0. The van der Waals surface area contributed by atoms with Crippen LogP contribution < -0.4 is 10.2 Å². The molecule has 1 aliphatic carbocycles. The molecule has 1 atom stereocenters. The van der Waals surface area contributed by atoms with Crippen LogP contribution in [0.2, 0.25) is 0 Å². The number of hydrogen-bond donors (Lipinski definition) is 1. The molecular weight excluding hydrogens is 436 g/mol. The third-order valence-corrected chi connectivity index (χ3v) is 7.15. The van der Waals surface area contributed by atoms with Crippen LogP contribution in [0.4, 0.5) is 15.6 Å². The molecule has 2 heterocycles. The molecule has 4 amide bonds. The number of hydrogen-bond acceptors (Lipinski definition) is 5. The van der Waals surface area contributed by atoms with Gasteiger partial charge in [0.15, 0.2) is 5.13 Å². The Morgan fingerprint density at radius 2 is 2.03 bits per heavy atom. The maximum atomic E-state index is 13.5. The highest BCUT2D eigenvalue weighted by molar-refractivity contribution is 7.14. The molecule has 1 N–H and O–H groups in total. The van der Waals surface area contributed by atoms with E-state index in [-0.39, 0.29) is 18.4 Å². The molecule has 0 radical (unpaired) electrons. The minimum atomic E-state index is -1.00. The summed E-state index contributed by atoms with van der Waals surface area (Å²) in [6, 6.07) is 15.0. The Bertz CT molecular complexity index is 1270.